The molecule has 0 spiro atoms. The van der Waals surface area contributed by atoms with E-state index in [1.807, 2.05) is 18.2 Å². The third kappa shape index (κ3) is 4.58. The van der Waals surface area contributed by atoms with Gasteiger partial charge in [-0.2, -0.15) is 5.10 Å². The average molecular weight is 427 g/mol. The zero-order chi connectivity index (χ0) is 22.1. The van der Waals surface area contributed by atoms with Crippen molar-refractivity contribution >= 4 is 16.8 Å². The molecule has 4 N–H and O–H groups in total. The third-order valence-electron chi connectivity index (χ3n) is 6.37. The lowest BCUT2D eigenvalue weighted by Gasteiger charge is -2.32. The minimum absolute atomic E-state index is 0.0111. The monoisotopic (exact) mass is 427 g/mol. The van der Waals surface area contributed by atoms with Gasteiger partial charge in [-0.3, -0.25) is 14.9 Å². The van der Waals surface area contributed by atoms with Gasteiger partial charge in [0.15, 0.2) is 0 Å². The van der Waals surface area contributed by atoms with E-state index in [4.69, 9.17) is 5.73 Å². The van der Waals surface area contributed by atoms with Crippen LogP contribution in [-0.4, -0.2) is 39.6 Å². The van der Waals surface area contributed by atoms with Gasteiger partial charge in [0.1, 0.15) is 0 Å². The molecule has 3 aromatic rings. The number of halogens is 2. The van der Waals surface area contributed by atoms with Crippen LogP contribution in [0.1, 0.15) is 43.2 Å². The van der Waals surface area contributed by atoms with Gasteiger partial charge in [-0.1, -0.05) is 12.1 Å². The fourth-order valence-electron chi connectivity index (χ4n) is 4.44. The van der Waals surface area contributed by atoms with Crippen LogP contribution in [0, 0.1) is 5.41 Å². The Morgan fingerprint density at radius 1 is 1.32 bits per heavy atom. The molecule has 0 aliphatic heterocycles. The SMILES string of the molecule is CC(F)(F)C1([C@@H](CC(=O)NC[C@@H](N)Cc2ccc3[nH]ncc3c2)c2cccnc2)CC1. The quantitative estimate of drug-likeness (QED) is 0.487. The maximum Gasteiger partial charge on any atom is 0.251 e. The highest BCUT2D eigenvalue weighted by Crippen LogP contribution is 2.65. The van der Waals surface area contributed by atoms with Crippen molar-refractivity contribution in [2.75, 3.05) is 6.54 Å². The Morgan fingerprint density at radius 3 is 2.81 bits per heavy atom. The number of nitrogens with one attached hydrogen (secondary N) is 2. The maximum absolute atomic E-state index is 14.4. The van der Waals surface area contributed by atoms with Crippen molar-refractivity contribution in [3.63, 3.8) is 0 Å². The number of aromatic amines is 1. The molecule has 1 aliphatic carbocycles. The summed E-state index contributed by atoms with van der Waals surface area (Å²) in [5, 5.41) is 10.7. The van der Waals surface area contributed by atoms with Gasteiger partial charge in [0.05, 0.1) is 11.7 Å². The van der Waals surface area contributed by atoms with E-state index in [1.54, 1.807) is 30.7 Å². The number of hydrogen-bond donors (Lipinski definition) is 3. The number of fused-ring (bicyclic) bond motifs is 1. The molecule has 4 rings (SSSR count). The Morgan fingerprint density at radius 2 is 2.13 bits per heavy atom. The summed E-state index contributed by atoms with van der Waals surface area (Å²) < 4.78 is 28.8. The van der Waals surface area contributed by atoms with Gasteiger partial charge in [0.2, 0.25) is 5.91 Å². The predicted octanol–water partition coefficient (Wildman–Crippen LogP) is 3.55. The smallest absolute Gasteiger partial charge is 0.251 e. The normalized spacial score (nSPS) is 17.3. The molecule has 0 saturated heterocycles. The molecule has 6 nitrogen and oxygen atoms in total. The molecule has 0 bridgehead atoms. The summed E-state index contributed by atoms with van der Waals surface area (Å²) in [6.45, 7) is 1.23. The van der Waals surface area contributed by atoms with Crippen LogP contribution in [0.4, 0.5) is 8.78 Å². The highest BCUT2D eigenvalue weighted by atomic mass is 19.3. The molecule has 2 atom stereocenters. The van der Waals surface area contributed by atoms with Crippen molar-refractivity contribution in [3.8, 4) is 0 Å². The standard InChI is InChI=1S/C23H27F2N5O/c1-22(24,25)23(6-7-23)19(16-3-2-8-27-12-16)11-21(31)28-14-18(26)10-15-4-5-20-17(9-15)13-29-30-20/h2-5,8-9,12-13,18-19H,6-7,10-11,14,26H2,1H3,(H,28,31)(H,29,30)/t18-,19-/m0/s1. The molecule has 1 aliphatic rings. The summed E-state index contributed by atoms with van der Waals surface area (Å²) >= 11 is 0. The first-order valence-electron chi connectivity index (χ1n) is 10.5. The molecular formula is C23H27F2N5O. The van der Waals surface area contributed by atoms with Gasteiger partial charge >= 0.3 is 0 Å². The number of amides is 1. The molecule has 2 aromatic heterocycles. The van der Waals surface area contributed by atoms with E-state index in [9.17, 15) is 13.6 Å². The zero-order valence-corrected chi connectivity index (χ0v) is 17.4. The number of hydrogen-bond acceptors (Lipinski definition) is 4. The number of pyridine rings is 1. The number of alkyl halides is 2. The second-order valence-corrected chi connectivity index (χ2v) is 8.65. The van der Waals surface area contributed by atoms with Gasteiger partial charge in [0.25, 0.3) is 5.92 Å². The lowest BCUT2D eigenvalue weighted by Crippen LogP contribution is -2.40. The summed E-state index contributed by atoms with van der Waals surface area (Å²) in [6.07, 6.45) is 6.32. The highest BCUT2D eigenvalue weighted by Gasteiger charge is 2.63. The molecule has 8 heteroatoms. The predicted molar refractivity (Wildman–Crippen MR) is 115 cm³/mol. The second kappa shape index (κ2) is 8.34. The Kier molecular flexibility index (Phi) is 5.75. The molecular weight excluding hydrogens is 400 g/mol. The second-order valence-electron chi connectivity index (χ2n) is 8.65. The van der Waals surface area contributed by atoms with Crippen molar-refractivity contribution in [2.24, 2.45) is 11.1 Å². The Hall–Kier alpha value is -2.87. The Labute approximate surface area is 179 Å². The van der Waals surface area contributed by atoms with Crippen molar-refractivity contribution in [1.82, 2.24) is 20.5 Å². The summed E-state index contributed by atoms with van der Waals surface area (Å²) in [4.78, 5) is 16.8. The fourth-order valence-corrected chi connectivity index (χ4v) is 4.44. The van der Waals surface area contributed by atoms with Crippen molar-refractivity contribution < 1.29 is 13.6 Å². The van der Waals surface area contributed by atoms with Crippen molar-refractivity contribution in [3.05, 3.63) is 60.0 Å². The molecule has 1 fully saturated rings. The van der Waals surface area contributed by atoms with Gasteiger partial charge in [0, 0.05) is 48.1 Å². The summed E-state index contributed by atoms with van der Waals surface area (Å²) in [5.41, 5.74) is 7.71. The van der Waals surface area contributed by atoms with Gasteiger partial charge in [-0.05, 0) is 55.5 Å². The number of rotatable bonds is 9. The molecule has 1 saturated carbocycles. The first-order valence-corrected chi connectivity index (χ1v) is 10.5. The van der Waals surface area contributed by atoms with Crippen LogP contribution in [0.3, 0.4) is 0 Å². The number of carbonyl (C=O) groups excluding carboxylic acids is 1. The molecule has 1 amide bonds. The van der Waals surface area contributed by atoms with Crippen LogP contribution in [0.2, 0.25) is 0 Å². The lowest BCUT2D eigenvalue weighted by molar-refractivity contribution is -0.123. The van der Waals surface area contributed by atoms with Crippen molar-refractivity contribution in [2.45, 2.75) is 50.5 Å². The third-order valence-corrected chi connectivity index (χ3v) is 6.37. The van der Waals surface area contributed by atoms with Crippen LogP contribution in [0.5, 0.6) is 0 Å². The van der Waals surface area contributed by atoms with E-state index < -0.39 is 17.3 Å². The first kappa shape index (κ1) is 21.4. The number of benzene rings is 1. The lowest BCUT2D eigenvalue weighted by atomic mass is 9.77. The Bertz CT molecular complexity index is 1040. The van der Waals surface area contributed by atoms with E-state index in [0.29, 0.717) is 24.8 Å². The van der Waals surface area contributed by atoms with E-state index in [2.05, 4.69) is 20.5 Å². The minimum atomic E-state index is -2.87. The van der Waals surface area contributed by atoms with E-state index in [0.717, 1.165) is 23.4 Å². The average Bonchev–Trinajstić information content (AvgIpc) is 3.43. The molecule has 0 radical (unpaired) electrons. The fraction of sp³-hybridized carbons (Fsp3) is 0.435. The van der Waals surface area contributed by atoms with E-state index in [-0.39, 0.29) is 24.9 Å². The van der Waals surface area contributed by atoms with Crippen LogP contribution in [0.15, 0.2) is 48.9 Å². The maximum atomic E-state index is 14.4. The molecule has 1 aromatic carbocycles. The van der Waals surface area contributed by atoms with Crippen LogP contribution >= 0.6 is 0 Å². The van der Waals surface area contributed by atoms with Crippen molar-refractivity contribution in [1.29, 1.82) is 0 Å². The number of aromatic nitrogens is 3. The zero-order valence-electron chi connectivity index (χ0n) is 17.4. The number of nitrogens with zero attached hydrogens (tertiary/aromatic N) is 2. The molecule has 2 heterocycles. The largest absolute Gasteiger partial charge is 0.355 e. The molecule has 164 valence electrons. The minimum Gasteiger partial charge on any atom is -0.355 e. The van der Waals surface area contributed by atoms with Crippen LogP contribution in [0.25, 0.3) is 10.9 Å². The van der Waals surface area contributed by atoms with Gasteiger partial charge < -0.3 is 11.1 Å². The van der Waals surface area contributed by atoms with E-state index >= 15 is 0 Å². The van der Waals surface area contributed by atoms with E-state index in [1.165, 1.54) is 0 Å². The summed E-state index contributed by atoms with van der Waals surface area (Å²) in [6, 6.07) is 9.14. The number of H-pyrrole nitrogens is 1. The molecule has 31 heavy (non-hydrogen) atoms. The topological polar surface area (TPSA) is 96.7 Å². The van der Waals surface area contributed by atoms with Crippen LogP contribution < -0.4 is 11.1 Å². The number of nitrogens with two attached hydrogens (primary N) is 1. The molecule has 0 unspecified atom stereocenters. The van der Waals surface area contributed by atoms with Crippen LogP contribution in [-0.2, 0) is 11.2 Å². The van der Waals surface area contributed by atoms with Gasteiger partial charge in [-0.25, -0.2) is 8.78 Å². The Balaban J connectivity index is 1.37. The summed E-state index contributed by atoms with van der Waals surface area (Å²) in [5.74, 6) is -3.72. The summed E-state index contributed by atoms with van der Waals surface area (Å²) in [7, 11) is 0. The van der Waals surface area contributed by atoms with Gasteiger partial charge in [-0.15, -0.1) is 0 Å². The number of carbonyl (C=O) groups is 1. The highest BCUT2D eigenvalue weighted by molar-refractivity contribution is 5.78. The first-order chi connectivity index (χ1) is 14.8.